The minimum Gasteiger partial charge on any atom is -0.491 e. The van der Waals surface area contributed by atoms with E-state index >= 15 is 0 Å². The molecule has 0 bridgehead atoms. The van der Waals surface area contributed by atoms with Gasteiger partial charge in [0.25, 0.3) is 0 Å². The Kier molecular flexibility index (Phi) is 4.29. The molecule has 0 saturated heterocycles. The largest absolute Gasteiger partial charge is 0.491 e. The fraction of sp³-hybridized carbons (Fsp3) is 0.250. The number of rotatable bonds is 5. The minimum atomic E-state index is 0.200. The molecule has 3 heteroatoms. The Bertz CT molecular complexity index is 521. The molecular weight excluding hydrogens is 236 g/mol. The van der Waals surface area contributed by atoms with Crippen molar-refractivity contribution in [1.29, 1.82) is 0 Å². The van der Waals surface area contributed by atoms with Gasteiger partial charge in [0.05, 0.1) is 6.10 Å². The second-order valence-corrected chi connectivity index (χ2v) is 4.79. The van der Waals surface area contributed by atoms with E-state index in [1.54, 1.807) is 0 Å². The third kappa shape index (κ3) is 4.21. The van der Waals surface area contributed by atoms with Crippen LogP contribution in [0.25, 0.3) is 0 Å². The van der Waals surface area contributed by atoms with Crippen LogP contribution >= 0.6 is 0 Å². The summed E-state index contributed by atoms with van der Waals surface area (Å²) in [6.07, 6.45) is 0.200. The Hall–Kier alpha value is -2.16. The normalized spacial score (nSPS) is 10.5. The Balaban J connectivity index is 1.93. The summed E-state index contributed by atoms with van der Waals surface area (Å²) in [6, 6.07) is 15.9. The molecule has 0 saturated carbocycles. The van der Waals surface area contributed by atoms with Gasteiger partial charge in [-0.3, -0.25) is 0 Å². The molecule has 0 amide bonds. The van der Waals surface area contributed by atoms with Crippen LogP contribution in [0.3, 0.4) is 0 Å². The molecular formula is C16H20N2O. The lowest BCUT2D eigenvalue weighted by Gasteiger charge is -2.11. The van der Waals surface area contributed by atoms with Crippen molar-refractivity contribution in [3.8, 4) is 5.75 Å². The van der Waals surface area contributed by atoms with Crippen molar-refractivity contribution in [2.45, 2.75) is 26.5 Å². The van der Waals surface area contributed by atoms with Gasteiger partial charge in [0.1, 0.15) is 5.75 Å². The van der Waals surface area contributed by atoms with Gasteiger partial charge in [0.2, 0.25) is 0 Å². The van der Waals surface area contributed by atoms with Gasteiger partial charge in [-0.15, -0.1) is 0 Å². The summed E-state index contributed by atoms with van der Waals surface area (Å²) in [5, 5.41) is 3.36. The van der Waals surface area contributed by atoms with Crippen molar-refractivity contribution in [3.63, 3.8) is 0 Å². The molecule has 2 rings (SSSR count). The van der Waals surface area contributed by atoms with Gasteiger partial charge in [-0.1, -0.05) is 12.1 Å². The molecule has 0 unspecified atom stereocenters. The first-order valence-electron chi connectivity index (χ1n) is 6.48. The molecule has 0 fully saturated rings. The molecule has 0 atom stereocenters. The summed E-state index contributed by atoms with van der Waals surface area (Å²) in [4.78, 5) is 0. The van der Waals surface area contributed by atoms with Crippen molar-refractivity contribution in [3.05, 3.63) is 54.1 Å². The zero-order valence-corrected chi connectivity index (χ0v) is 11.4. The van der Waals surface area contributed by atoms with Crippen LogP contribution in [0.4, 0.5) is 11.4 Å². The summed E-state index contributed by atoms with van der Waals surface area (Å²) in [5.41, 5.74) is 8.78. The van der Waals surface area contributed by atoms with Gasteiger partial charge in [0, 0.05) is 17.9 Å². The number of benzene rings is 2. The molecule has 100 valence electrons. The van der Waals surface area contributed by atoms with Gasteiger partial charge in [-0.2, -0.15) is 0 Å². The third-order valence-electron chi connectivity index (χ3n) is 2.67. The van der Waals surface area contributed by atoms with Crippen molar-refractivity contribution >= 4 is 11.4 Å². The van der Waals surface area contributed by atoms with E-state index < -0.39 is 0 Å². The molecule has 0 spiro atoms. The smallest absolute Gasteiger partial charge is 0.119 e. The van der Waals surface area contributed by atoms with E-state index in [-0.39, 0.29) is 6.10 Å². The van der Waals surface area contributed by atoms with E-state index in [9.17, 15) is 0 Å². The van der Waals surface area contributed by atoms with Gasteiger partial charge in [-0.25, -0.2) is 0 Å². The van der Waals surface area contributed by atoms with Crippen molar-refractivity contribution in [1.82, 2.24) is 0 Å². The molecule has 0 aliphatic carbocycles. The number of hydrogen-bond donors (Lipinski definition) is 2. The average molecular weight is 256 g/mol. The summed E-state index contributed by atoms with van der Waals surface area (Å²) < 4.78 is 5.60. The standard InChI is InChI=1S/C16H20N2O/c1-12(2)19-16-8-6-15(7-9-16)18-11-13-4-3-5-14(17)10-13/h3-10,12,18H,11,17H2,1-2H3. The zero-order valence-electron chi connectivity index (χ0n) is 11.4. The van der Waals surface area contributed by atoms with Crippen LogP contribution in [0.1, 0.15) is 19.4 Å². The Labute approximate surface area is 114 Å². The molecule has 0 aliphatic heterocycles. The lowest BCUT2D eigenvalue weighted by molar-refractivity contribution is 0.242. The fourth-order valence-electron chi connectivity index (χ4n) is 1.83. The predicted octanol–water partition coefficient (Wildman–Crippen LogP) is 3.67. The molecule has 2 aromatic rings. The summed E-state index contributed by atoms with van der Waals surface area (Å²) in [7, 11) is 0. The van der Waals surface area contributed by atoms with E-state index in [0.717, 1.165) is 23.7 Å². The maximum Gasteiger partial charge on any atom is 0.119 e. The highest BCUT2D eigenvalue weighted by atomic mass is 16.5. The summed E-state index contributed by atoms with van der Waals surface area (Å²) in [5.74, 6) is 0.893. The highest BCUT2D eigenvalue weighted by molar-refractivity contribution is 5.48. The average Bonchev–Trinajstić information content (AvgIpc) is 2.37. The first kappa shape index (κ1) is 13.3. The highest BCUT2D eigenvalue weighted by Crippen LogP contribution is 2.17. The second-order valence-electron chi connectivity index (χ2n) is 4.79. The van der Waals surface area contributed by atoms with Crippen LogP contribution < -0.4 is 15.8 Å². The number of nitrogens with one attached hydrogen (secondary N) is 1. The summed E-state index contributed by atoms with van der Waals surface area (Å²) >= 11 is 0. The van der Waals surface area contributed by atoms with Gasteiger partial charge in [0.15, 0.2) is 0 Å². The Morgan fingerprint density at radius 3 is 2.47 bits per heavy atom. The minimum absolute atomic E-state index is 0.200. The van der Waals surface area contributed by atoms with Crippen LogP contribution in [0.2, 0.25) is 0 Å². The molecule has 0 aliphatic rings. The molecule has 0 radical (unpaired) electrons. The predicted molar refractivity (Wildman–Crippen MR) is 80.4 cm³/mol. The van der Waals surface area contributed by atoms with E-state index in [1.165, 1.54) is 5.56 Å². The lowest BCUT2D eigenvalue weighted by Crippen LogP contribution is -2.05. The van der Waals surface area contributed by atoms with E-state index in [0.29, 0.717) is 0 Å². The SMILES string of the molecule is CC(C)Oc1ccc(NCc2cccc(N)c2)cc1. The Morgan fingerprint density at radius 2 is 1.84 bits per heavy atom. The zero-order chi connectivity index (χ0) is 13.7. The third-order valence-corrected chi connectivity index (χ3v) is 2.67. The van der Waals surface area contributed by atoms with Crippen LogP contribution in [0.5, 0.6) is 5.75 Å². The van der Waals surface area contributed by atoms with Crippen LogP contribution in [0.15, 0.2) is 48.5 Å². The van der Waals surface area contributed by atoms with Crippen molar-refractivity contribution < 1.29 is 4.74 Å². The second kappa shape index (κ2) is 6.14. The van der Waals surface area contributed by atoms with Crippen LogP contribution in [-0.2, 0) is 6.54 Å². The fourth-order valence-corrected chi connectivity index (χ4v) is 1.83. The first-order chi connectivity index (χ1) is 9.13. The highest BCUT2D eigenvalue weighted by Gasteiger charge is 1.98. The molecule has 19 heavy (non-hydrogen) atoms. The van der Waals surface area contributed by atoms with Crippen LogP contribution in [-0.4, -0.2) is 6.10 Å². The van der Waals surface area contributed by atoms with E-state index in [4.69, 9.17) is 10.5 Å². The molecule has 3 nitrogen and oxygen atoms in total. The van der Waals surface area contributed by atoms with Crippen molar-refractivity contribution in [2.75, 3.05) is 11.1 Å². The van der Waals surface area contributed by atoms with E-state index in [1.807, 2.05) is 56.3 Å². The van der Waals surface area contributed by atoms with Gasteiger partial charge in [-0.05, 0) is 55.8 Å². The van der Waals surface area contributed by atoms with Gasteiger partial charge >= 0.3 is 0 Å². The lowest BCUT2D eigenvalue weighted by atomic mass is 10.2. The monoisotopic (exact) mass is 256 g/mol. The maximum atomic E-state index is 5.75. The van der Waals surface area contributed by atoms with E-state index in [2.05, 4.69) is 11.4 Å². The number of ether oxygens (including phenoxy) is 1. The Morgan fingerprint density at radius 1 is 1.11 bits per heavy atom. The number of nitrogens with two attached hydrogens (primary N) is 1. The molecule has 0 heterocycles. The maximum absolute atomic E-state index is 5.75. The molecule has 2 aromatic carbocycles. The van der Waals surface area contributed by atoms with Gasteiger partial charge < -0.3 is 15.8 Å². The first-order valence-corrected chi connectivity index (χ1v) is 6.48. The topological polar surface area (TPSA) is 47.3 Å². The van der Waals surface area contributed by atoms with Crippen molar-refractivity contribution in [2.24, 2.45) is 0 Å². The summed E-state index contributed by atoms with van der Waals surface area (Å²) in [6.45, 7) is 4.80. The van der Waals surface area contributed by atoms with Crippen LogP contribution in [0, 0.1) is 0 Å². The number of anilines is 2. The number of nitrogen functional groups attached to an aromatic ring is 1. The quantitative estimate of drug-likeness (QED) is 0.802. The molecule has 3 N–H and O–H groups in total. The molecule has 0 aromatic heterocycles. The number of hydrogen-bond acceptors (Lipinski definition) is 3.